The van der Waals surface area contributed by atoms with Crippen molar-refractivity contribution < 1.29 is 23.8 Å². The third-order valence-electron chi connectivity index (χ3n) is 5.67. The Hall–Kier alpha value is -2.54. The molecule has 7 heteroatoms. The van der Waals surface area contributed by atoms with E-state index in [0.29, 0.717) is 6.54 Å². The summed E-state index contributed by atoms with van der Waals surface area (Å²) >= 11 is 0. The van der Waals surface area contributed by atoms with Gasteiger partial charge in [0.2, 0.25) is 0 Å². The molecule has 3 heterocycles. The van der Waals surface area contributed by atoms with E-state index in [1.54, 1.807) is 7.11 Å². The van der Waals surface area contributed by atoms with Crippen LogP contribution in [-0.2, 0) is 25.5 Å². The van der Waals surface area contributed by atoms with Crippen molar-refractivity contribution in [1.29, 1.82) is 0 Å². The molecule has 0 unspecified atom stereocenters. The molecule has 1 N–H and O–H groups in total. The summed E-state index contributed by atoms with van der Waals surface area (Å²) < 4.78 is 15.3. The van der Waals surface area contributed by atoms with Crippen LogP contribution in [0.4, 0.5) is 0 Å². The van der Waals surface area contributed by atoms with E-state index >= 15 is 0 Å². The lowest BCUT2D eigenvalue weighted by molar-refractivity contribution is -0.156. The van der Waals surface area contributed by atoms with E-state index in [4.69, 9.17) is 14.2 Å². The van der Waals surface area contributed by atoms with Gasteiger partial charge in [0.25, 0.3) is 0 Å². The SMILES string of the molecule is COC(=O)[C@H]1[C@H](C(=O)OC)CN2CCc3c([nH]c4ccc(OC)cc34)[C@@H]12. The minimum absolute atomic E-state index is 0.214. The van der Waals surface area contributed by atoms with Gasteiger partial charge >= 0.3 is 11.9 Å². The van der Waals surface area contributed by atoms with Crippen molar-refractivity contribution in [3.05, 3.63) is 29.5 Å². The molecule has 2 aliphatic rings. The summed E-state index contributed by atoms with van der Waals surface area (Å²) in [6.07, 6.45) is 0.848. The first-order valence-electron chi connectivity index (χ1n) is 8.67. The van der Waals surface area contributed by atoms with Crippen LogP contribution in [0.3, 0.4) is 0 Å². The molecule has 7 nitrogen and oxygen atoms in total. The number of nitrogens with zero attached hydrogens (tertiary/aromatic N) is 1. The average Bonchev–Trinajstić information content (AvgIpc) is 3.24. The van der Waals surface area contributed by atoms with Crippen molar-refractivity contribution in [3.8, 4) is 5.75 Å². The van der Waals surface area contributed by atoms with Gasteiger partial charge in [-0.3, -0.25) is 14.5 Å². The molecule has 0 bridgehead atoms. The van der Waals surface area contributed by atoms with Crippen molar-refractivity contribution in [3.63, 3.8) is 0 Å². The minimum atomic E-state index is -0.582. The van der Waals surface area contributed by atoms with Crippen LogP contribution in [0.25, 0.3) is 10.9 Å². The number of H-pyrrole nitrogens is 1. The molecule has 0 aliphatic carbocycles. The highest BCUT2D eigenvalue weighted by molar-refractivity contribution is 5.88. The second kappa shape index (κ2) is 6.32. The second-order valence-corrected chi connectivity index (χ2v) is 6.80. The fourth-order valence-corrected chi connectivity index (χ4v) is 4.47. The maximum absolute atomic E-state index is 12.5. The zero-order chi connectivity index (χ0) is 18.4. The van der Waals surface area contributed by atoms with Gasteiger partial charge in [0.15, 0.2) is 0 Å². The Morgan fingerprint density at radius 3 is 2.62 bits per heavy atom. The molecule has 3 atom stereocenters. The van der Waals surface area contributed by atoms with E-state index in [9.17, 15) is 9.59 Å². The molecule has 0 radical (unpaired) electrons. The van der Waals surface area contributed by atoms with Gasteiger partial charge in [-0.05, 0) is 30.2 Å². The number of hydrogen-bond donors (Lipinski definition) is 1. The number of carbonyl (C=O) groups excluding carboxylic acids is 2. The number of benzene rings is 1. The second-order valence-electron chi connectivity index (χ2n) is 6.80. The Labute approximate surface area is 151 Å². The van der Waals surface area contributed by atoms with Crippen LogP contribution >= 0.6 is 0 Å². The van der Waals surface area contributed by atoms with Gasteiger partial charge in [-0.2, -0.15) is 0 Å². The smallest absolute Gasteiger partial charge is 0.311 e. The molecule has 0 spiro atoms. The zero-order valence-electron chi connectivity index (χ0n) is 15.1. The van der Waals surface area contributed by atoms with E-state index < -0.39 is 11.8 Å². The molecule has 2 aliphatic heterocycles. The topological polar surface area (TPSA) is 80.9 Å². The van der Waals surface area contributed by atoms with Crippen LogP contribution in [0.1, 0.15) is 17.3 Å². The zero-order valence-corrected chi connectivity index (χ0v) is 15.1. The van der Waals surface area contributed by atoms with Crippen LogP contribution in [0, 0.1) is 11.8 Å². The highest BCUT2D eigenvalue weighted by atomic mass is 16.5. The molecule has 1 saturated heterocycles. The van der Waals surface area contributed by atoms with Crippen molar-refractivity contribution >= 4 is 22.8 Å². The number of ether oxygens (including phenoxy) is 3. The van der Waals surface area contributed by atoms with Crippen LogP contribution in [0.2, 0.25) is 0 Å². The number of nitrogens with one attached hydrogen (secondary N) is 1. The molecular weight excluding hydrogens is 336 g/mol. The largest absolute Gasteiger partial charge is 0.497 e. The molecule has 0 saturated carbocycles. The Balaban J connectivity index is 1.83. The normalized spacial score (nSPS) is 24.8. The monoisotopic (exact) mass is 358 g/mol. The molecule has 2 aromatic rings. The summed E-state index contributed by atoms with van der Waals surface area (Å²) in [6, 6.07) is 5.69. The van der Waals surface area contributed by atoms with Gasteiger partial charge in [-0.25, -0.2) is 0 Å². The van der Waals surface area contributed by atoms with Crippen LogP contribution < -0.4 is 4.74 Å². The lowest BCUT2D eigenvalue weighted by Crippen LogP contribution is -2.35. The first-order chi connectivity index (χ1) is 12.6. The summed E-state index contributed by atoms with van der Waals surface area (Å²) in [5, 5.41) is 1.10. The van der Waals surface area contributed by atoms with E-state index in [-0.39, 0.29) is 18.0 Å². The molecular formula is C19H22N2O5. The first-order valence-corrected chi connectivity index (χ1v) is 8.67. The summed E-state index contributed by atoms with van der Waals surface area (Å²) in [5.74, 6) is -1.05. The third kappa shape index (κ3) is 2.38. The molecule has 138 valence electrons. The Morgan fingerprint density at radius 1 is 1.15 bits per heavy atom. The van der Waals surface area contributed by atoms with Crippen molar-refractivity contribution in [1.82, 2.24) is 9.88 Å². The standard InChI is InChI=1S/C19H22N2O5/c1-24-10-4-5-14-12(8-10)11-6-7-21-9-13(18(22)25-2)15(19(23)26-3)17(21)16(11)20-14/h4-5,8,13,15,17,20H,6-7,9H2,1-3H3/t13-,15+,17-/m1/s1. The van der Waals surface area contributed by atoms with E-state index in [1.807, 2.05) is 18.2 Å². The van der Waals surface area contributed by atoms with Crippen molar-refractivity contribution in [2.45, 2.75) is 12.5 Å². The number of aromatic amines is 1. The molecule has 1 fully saturated rings. The Kier molecular flexibility index (Phi) is 4.11. The number of methoxy groups -OCH3 is 3. The number of fused-ring (bicyclic) bond motifs is 5. The quantitative estimate of drug-likeness (QED) is 0.841. The Morgan fingerprint density at radius 2 is 1.92 bits per heavy atom. The molecule has 26 heavy (non-hydrogen) atoms. The van der Waals surface area contributed by atoms with E-state index in [2.05, 4.69) is 9.88 Å². The summed E-state index contributed by atoms with van der Waals surface area (Å²) in [6.45, 7) is 1.28. The lowest BCUT2D eigenvalue weighted by atomic mass is 9.86. The number of carbonyl (C=O) groups is 2. The van der Waals surface area contributed by atoms with Crippen LogP contribution in [0.5, 0.6) is 5.75 Å². The summed E-state index contributed by atoms with van der Waals surface area (Å²) in [5.41, 5.74) is 3.17. The maximum atomic E-state index is 12.5. The summed E-state index contributed by atoms with van der Waals surface area (Å²) in [4.78, 5) is 30.5. The van der Waals surface area contributed by atoms with Gasteiger partial charge in [-0.15, -0.1) is 0 Å². The third-order valence-corrected chi connectivity index (χ3v) is 5.67. The molecule has 1 aromatic carbocycles. The van der Waals surface area contributed by atoms with Gasteiger partial charge in [0.05, 0.1) is 39.2 Å². The van der Waals surface area contributed by atoms with Gasteiger partial charge in [-0.1, -0.05) is 0 Å². The fourth-order valence-electron chi connectivity index (χ4n) is 4.47. The maximum Gasteiger partial charge on any atom is 0.311 e. The number of esters is 2. The number of aromatic nitrogens is 1. The van der Waals surface area contributed by atoms with Crippen LogP contribution in [-0.4, -0.2) is 56.2 Å². The van der Waals surface area contributed by atoms with Crippen molar-refractivity contribution in [2.24, 2.45) is 11.8 Å². The predicted octanol–water partition coefficient (Wildman–Crippen LogP) is 1.67. The van der Waals surface area contributed by atoms with Crippen LogP contribution in [0.15, 0.2) is 18.2 Å². The number of rotatable bonds is 3. The summed E-state index contributed by atoms with van der Waals surface area (Å²) in [7, 11) is 4.36. The lowest BCUT2D eigenvalue weighted by Gasteiger charge is -2.31. The highest BCUT2D eigenvalue weighted by Gasteiger charge is 2.53. The molecule has 0 amide bonds. The fraction of sp³-hybridized carbons (Fsp3) is 0.474. The van der Waals surface area contributed by atoms with Crippen molar-refractivity contribution in [2.75, 3.05) is 34.4 Å². The molecule has 4 rings (SSSR count). The minimum Gasteiger partial charge on any atom is -0.497 e. The Bertz CT molecular complexity index is 874. The first kappa shape index (κ1) is 16.9. The van der Waals surface area contributed by atoms with Gasteiger partial charge < -0.3 is 19.2 Å². The van der Waals surface area contributed by atoms with Gasteiger partial charge in [0.1, 0.15) is 5.75 Å². The highest BCUT2D eigenvalue weighted by Crippen LogP contribution is 2.47. The van der Waals surface area contributed by atoms with E-state index in [1.165, 1.54) is 19.8 Å². The van der Waals surface area contributed by atoms with E-state index in [0.717, 1.165) is 35.3 Å². The number of hydrogen-bond acceptors (Lipinski definition) is 6. The molecule has 1 aromatic heterocycles. The van der Waals surface area contributed by atoms with Gasteiger partial charge in [0, 0.05) is 29.7 Å². The predicted molar refractivity (Wildman–Crippen MR) is 93.9 cm³/mol. The average molecular weight is 358 g/mol.